The Hall–Kier alpha value is -3.62. The van der Waals surface area contributed by atoms with E-state index in [-0.39, 0.29) is 43.1 Å². The number of nitrogens with two attached hydrogens (primary N) is 5. The second-order valence-corrected chi connectivity index (χ2v) is 9.51. The van der Waals surface area contributed by atoms with Gasteiger partial charge in [0.25, 0.3) is 0 Å². The standard InChI is InChI=1S/C23H46N10O5/c1-5-13(4)17(21(37)38)33-20(36)16(12(2)3)32-19(35)15(9-7-11-30-23(27)28)31-18(34)14(24)8-6-10-29-22(25)26/h12-17H,5-11,24H2,1-4H3,(H,31,34)(H,32,35)(H,33,36)(H,37,38)(H4,25,26,29)(H4,27,28,30). The first kappa shape index (κ1) is 34.4. The number of hydrogen-bond acceptors (Lipinski definition) is 7. The Bertz CT molecular complexity index is 840. The molecule has 14 N–H and O–H groups in total. The van der Waals surface area contributed by atoms with E-state index >= 15 is 0 Å². The number of carbonyl (C=O) groups excluding carboxylic acids is 3. The first-order valence-corrected chi connectivity index (χ1v) is 12.7. The number of aliphatic carboxylic acids is 1. The van der Waals surface area contributed by atoms with Crippen molar-refractivity contribution in [3.63, 3.8) is 0 Å². The fourth-order valence-corrected chi connectivity index (χ4v) is 3.42. The maximum Gasteiger partial charge on any atom is 0.326 e. The lowest BCUT2D eigenvalue weighted by Crippen LogP contribution is -2.59. The molecule has 0 heterocycles. The van der Waals surface area contributed by atoms with Gasteiger partial charge in [-0.05, 0) is 37.5 Å². The summed E-state index contributed by atoms with van der Waals surface area (Å²) in [5.74, 6) is -3.86. The van der Waals surface area contributed by atoms with Crippen molar-refractivity contribution in [2.24, 2.45) is 50.5 Å². The van der Waals surface area contributed by atoms with Gasteiger partial charge >= 0.3 is 5.97 Å². The van der Waals surface area contributed by atoms with Crippen molar-refractivity contribution in [1.29, 1.82) is 0 Å². The summed E-state index contributed by atoms with van der Waals surface area (Å²) >= 11 is 0. The lowest BCUT2D eigenvalue weighted by atomic mass is 9.97. The van der Waals surface area contributed by atoms with Gasteiger partial charge in [0.05, 0.1) is 6.04 Å². The van der Waals surface area contributed by atoms with E-state index in [1.54, 1.807) is 20.8 Å². The molecule has 0 rings (SSSR count). The first-order valence-electron chi connectivity index (χ1n) is 12.7. The van der Waals surface area contributed by atoms with E-state index in [9.17, 15) is 24.3 Å². The molecule has 0 radical (unpaired) electrons. The number of nitrogens with one attached hydrogen (secondary N) is 3. The van der Waals surface area contributed by atoms with Gasteiger partial charge in [0.2, 0.25) is 17.7 Å². The Morgan fingerprint density at radius 1 is 0.763 bits per heavy atom. The molecule has 0 aliphatic rings. The van der Waals surface area contributed by atoms with Crippen LogP contribution in [0, 0.1) is 11.8 Å². The smallest absolute Gasteiger partial charge is 0.326 e. The minimum atomic E-state index is -1.17. The van der Waals surface area contributed by atoms with Crippen molar-refractivity contribution in [1.82, 2.24) is 16.0 Å². The van der Waals surface area contributed by atoms with Gasteiger partial charge in [-0.25, -0.2) is 4.79 Å². The van der Waals surface area contributed by atoms with Gasteiger partial charge in [-0.15, -0.1) is 0 Å². The molecule has 0 aromatic carbocycles. The van der Waals surface area contributed by atoms with Crippen molar-refractivity contribution in [3.8, 4) is 0 Å². The fraction of sp³-hybridized carbons (Fsp3) is 0.739. The molecule has 0 aliphatic heterocycles. The molecule has 5 unspecified atom stereocenters. The van der Waals surface area contributed by atoms with Crippen molar-refractivity contribution in [2.45, 2.75) is 84.0 Å². The number of hydrogen-bond donors (Lipinski definition) is 9. The summed E-state index contributed by atoms with van der Waals surface area (Å²) in [5, 5.41) is 17.3. The maximum atomic E-state index is 13.2. The van der Waals surface area contributed by atoms with Crippen LogP contribution in [0.5, 0.6) is 0 Å². The average Bonchev–Trinajstić information content (AvgIpc) is 2.83. The summed E-state index contributed by atoms with van der Waals surface area (Å²) < 4.78 is 0. The van der Waals surface area contributed by atoms with Crippen molar-refractivity contribution >= 4 is 35.6 Å². The molecule has 0 spiro atoms. The van der Waals surface area contributed by atoms with E-state index < -0.39 is 47.9 Å². The number of amides is 3. The Balaban J connectivity index is 5.53. The summed E-state index contributed by atoms with van der Waals surface area (Å²) in [6.45, 7) is 7.46. The van der Waals surface area contributed by atoms with Gasteiger partial charge in [0.15, 0.2) is 11.9 Å². The number of rotatable bonds is 18. The zero-order valence-corrected chi connectivity index (χ0v) is 22.8. The number of carbonyl (C=O) groups is 4. The highest BCUT2D eigenvalue weighted by molar-refractivity contribution is 5.94. The molecular weight excluding hydrogens is 496 g/mol. The van der Waals surface area contributed by atoms with Crippen LogP contribution in [0.25, 0.3) is 0 Å². The molecule has 5 atom stereocenters. The van der Waals surface area contributed by atoms with Gasteiger partial charge in [0, 0.05) is 13.1 Å². The summed E-state index contributed by atoms with van der Waals surface area (Å²) in [5.41, 5.74) is 27.2. The van der Waals surface area contributed by atoms with Crippen molar-refractivity contribution in [3.05, 3.63) is 0 Å². The van der Waals surface area contributed by atoms with Crippen molar-refractivity contribution < 1.29 is 24.3 Å². The monoisotopic (exact) mass is 542 g/mol. The highest BCUT2D eigenvalue weighted by atomic mass is 16.4. The molecule has 0 saturated carbocycles. The lowest BCUT2D eigenvalue weighted by Gasteiger charge is -2.28. The van der Waals surface area contributed by atoms with E-state index in [2.05, 4.69) is 25.9 Å². The van der Waals surface area contributed by atoms with Crippen LogP contribution in [-0.4, -0.2) is 78.0 Å². The van der Waals surface area contributed by atoms with Crippen LogP contribution in [-0.2, 0) is 19.2 Å². The normalized spacial score (nSPS) is 14.8. The fourth-order valence-electron chi connectivity index (χ4n) is 3.42. The van der Waals surface area contributed by atoms with Crippen molar-refractivity contribution in [2.75, 3.05) is 13.1 Å². The zero-order valence-electron chi connectivity index (χ0n) is 22.8. The van der Waals surface area contributed by atoms with Crippen LogP contribution in [0.15, 0.2) is 9.98 Å². The van der Waals surface area contributed by atoms with Crippen LogP contribution in [0.4, 0.5) is 0 Å². The molecule has 38 heavy (non-hydrogen) atoms. The number of aliphatic imine (C=N–C) groups is 2. The molecule has 15 nitrogen and oxygen atoms in total. The van der Waals surface area contributed by atoms with Gasteiger partial charge in [-0.3, -0.25) is 24.4 Å². The molecule has 218 valence electrons. The molecule has 0 aliphatic carbocycles. The van der Waals surface area contributed by atoms with Gasteiger partial charge in [-0.2, -0.15) is 0 Å². The number of carboxylic acid groups (broad SMARTS) is 1. The second-order valence-electron chi connectivity index (χ2n) is 9.51. The summed E-state index contributed by atoms with van der Waals surface area (Å²) in [7, 11) is 0. The molecule has 0 fully saturated rings. The van der Waals surface area contributed by atoms with E-state index in [1.807, 2.05) is 6.92 Å². The highest BCUT2D eigenvalue weighted by Gasteiger charge is 2.33. The molecule has 0 saturated heterocycles. The van der Waals surface area contributed by atoms with E-state index in [4.69, 9.17) is 28.7 Å². The second kappa shape index (κ2) is 17.8. The van der Waals surface area contributed by atoms with Crippen LogP contribution in [0.2, 0.25) is 0 Å². The van der Waals surface area contributed by atoms with Gasteiger partial charge < -0.3 is 49.7 Å². The molecule has 3 amide bonds. The molecule has 0 bridgehead atoms. The third-order valence-electron chi connectivity index (χ3n) is 5.91. The van der Waals surface area contributed by atoms with Gasteiger partial charge in [-0.1, -0.05) is 34.1 Å². The first-order chi connectivity index (χ1) is 17.7. The van der Waals surface area contributed by atoms with Crippen LogP contribution >= 0.6 is 0 Å². The highest BCUT2D eigenvalue weighted by Crippen LogP contribution is 2.11. The number of carboxylic acids is 1. The van der Waals surface area contributed by atoms with Crippen LogP contribution in [0.1, 0.15) is 59.8 Å². The van der Waals surface area contributed by atoms with E-state index in [0.29, 0.717) is 25.8 Å². The molecule has 0 aromatic heterocycles. The quantitative estimate of drug-likeness (QED) is 0.0505. The lowest BCUT2D eigenvalue weighted by molar-refractivity contribution is -0.144. The third-order valence-corrected chi connectivity index (χ3v) is 5.91. The zero-order chi connectivity index (χ0) is 29.4. The summed E-state index contributed by atoms with van der Waals surface area (Å²) in [4.78, 5) is 58.2. The summed E-state index contributed by atoms with van der Waals surface area (Å²) in [6.07, 6.45) is 1.76. The minimum Gasteiger partial charge on any atom is -0.480 e. The molecular formula is C23H46N10O5. The van der Waals surface area contributed by atoms with E-state index in [0.717, 1.165) is 0 Å². The Labute approximate surface area is 223 Å². The third kappa shape index (κ3) is 13.6. The molecule has 15 heteroatoms. The van der Waals surface area contributed by atoms with Crippen LogP contribution in [0.3, 0.4) is 0 Å². The van der Waals surface area contributed by atoms with E-state index in [1.165, 1.54) is 0 Å². The van der Waals surface area contributed by atoms with Gasteiger partial charge in [0.1, 0.15) is 18.1 Å². The Morgan fingerprint density at radius 2 is 1.26 bits per heavy atom. The van der Waals surface area contributed by atoms with Crippen LogP contribution < -0.4 is 44.6 Å². The molecule has 0 aromatic rings. The number of guanidine groups is 2. The Morgan fingerprint density at radius 3 is 1.71 bits per heavy atom. The number of nitrogens with zero attached hydrogens (tertiary/aromatic N) is 2. The Kier molecular flexibility index (Phi) is 16.1. The maximum absolute atomic E-state index is 13.2. The SMILES string of the molecule is CCC(C)C(NC(=O)C(NC(=O)C(CCCN=C(N)N)NC(=O)C(N)CCCN=C(N)N)C(C)C)C(=O)O. The predicted molar refractivity (Wildman–Crippen MR) is 146 cm³/mol. The topological polar surface area (TPSA) is 279 Å². The largest absolute Gasteiger partial charge is 0.480 e. The minimum absolute atomic E-state index is 0.0666. The average molecular weight is 543 g/mol. The predicted octanol–water partition coefficient (Wildman–Crippen LogP) is -2.34. The summed E-state index contributed by atoms with van der Waals surface area (Å²) in [6, 6.07) is -4.12.